The van der Waals surface area contributed by atoms with Gasteiger partial charge in [-0.05, 0) is 35.9 Å². The van der Waals surface area contributed by atoms with Gasteiger partial charge in [-0.2, -0.15) is 0 Å². The molecule has 21 heavy (non-hydrogen) atoms. The molecule has 6 heteroatoms. The van der Waals surface area contributed by atoms with E-state index in [4.69, 9.17) is 5.73 Å². The van der Waals surface area contributed by atoms with Gasteiger partial charge in [-0.25, -0.2) is 9.18 Å². The molecule has 0 aliphatic heterocycles. The lowest BCUT2D eigenvalue weighted by molar-refractivity contribution is 0.187. The number of benzene rings is 2. The van der Waals surface area contributed by atoms with Gasteiger partial charge in [0.1, 0.15) is 5.82 Å². The fourth-order valence-electron chi connectivity index (χ4n) is 1.60. The number of methoxy groups -OCH3 is 1. The summed E-state index contributed by atoms with van der Waals surface area (Å²) in [6.07, 6.45) is 1.01. The molecule has 0 bridgehead atoms. The van der Waals surface area contributed by atoms with Gasteiger partial charge in [0.15, 0.2) is 0 Å². The molecule has 0 atom stereocenters. The average molecular weight is 287 g/mol. The second-order valence-electron chi connectivity index (χ2n) is 4.20. The number of aliphatic imine (C=N–C) groups is 1. The minimum absolute atomic E-state index is 0.297. The van der Waals surface area contributed by atoms with Gasteiger partial charge in [-0.1, -0.05) is 12.1 Å². The van der Waals surface area contributed by atoms with Crippen molar-refractivity contribution in [2.24, 2.45) is 4.99 Å². The Kier molecular flexibility index (Phi) is 4.50. The summed E-state index contributed by atoms with van der Waals surface area (Å²) in [7, 11) is 1.27. The minimum Gasteiger partial charge on any atom is -0.453 e. The number of hydrogen-bond acceptors (Lipinski definition) is 4. The van der Waals surface area contributed by atoms with Crippen molar-refractivity contribution in [1.82, 2.24) is 0 Å². The van der Waals surface area contributed by atoms with E-state index in [2.05, 4.69) is 15.0 Å². The lowest BCUT2D eigenvalue weighted by Gasteiger charge is -2.07. The van der Waals surface area contributed by atoms with Crippen LogP contribution in [0.4, 0.5) is 26.2 Å². The summed E-state index contributed by atoms with van der Waals surface area (Å²) in [5.41, 5.74) is 8.02. The highest BCUT2D eigenvalue weighted by Crippen LogP contribution is 2.24. The first-order valence-corrected chi connectivity index (χ1v) is 6.12. The van der Waals surface area contributed by atoms with Crippen molar-refractivity contribution in [2.75, 3.05) is 18.2 Å². The van der Waals surface area contributed by atoms with Gasteiger partial charge in [0.25, 0.3) is 0 Å². The summed E-state index contributed by atoms with van der Waals surface area (Å²) in [6, 6.07) is 10.9. The molecule has 0 saturated heterocycles. The first kappa shape index (κ1) is 14.5. The van der Waals surface area contributed by atoms with Crippen LogP contribution in [0.3, 0.4) is 0 Å². The Bertz CT molecular complexity index is 669. The van der Waals surface area contributed by atoms with Crippen molar-refractivity contribution < 1.29 is 13.9 Å². The summed E-state index contributed by atoms with van der Waals surface area (Å²) < 4.78 is 17.3. The Morgan fingerprint density at radius 2 is 2.00 bits per heavy atom. The molecule has 5 nitrogen and oxygen atoms in total. The molecule has 3 N–H and O–H groups in total. The van der Waals surface area contributed by atoms with E-state index >= 15 is 0 Å². The van der Waals surface area contributed by atoms with Crippen molar-refractivity contribution >= 4 is 29.4 Å². The summed E-state index contributed by atoms with van der Waals surface area (Å²) in [5, 5.41) is 2.49. The van der Waals surface area contributed by atoms with Crippen LogP contribution in [0.15, 0.2) is 47.5 Å². The van der Waals surface area contributed by atoms with Crippen LogP contribution in [0.2, 0.25) is 0 Å². The second kappa shape index (κ2) is 6.51. The van der Waals surface area contributed by atoms with Crippen molar-refractivity contribution in [3.05, 3.63) is 53.8 Å². The van der Waals surface area contributed by atoms with E-state index in [-0.39, 0.29) is 5.82 Å². The lowest BCUT2D eigenvalue weighted by atomic mass is 10.2. The van der Waals surface area contributed by atoms with Gasteiger partial charge < -0.3 is 10.5 Å². The van der Waals surface area contributed by atoms with E-state index in [0.717, 1.165) is 5.56 Å². The molecule has 0 heterocycles. The number of amides is 1. The number of ether oxygens (including phenoxy) is 1. The summed E-state index contributed by atoms with van der Waals surface area (Å²) in [6.45, 7) is 0. The molecule has 0 spiro atoms. The van der Waals surface area contributed by atoms with Crippen LogP contribution in [0.5, 0.6) is 0 Å². The van der Waals surface area contributed by atoms with Gasteiger partial charge >= 0.3 is 6.09 Å². The molecular weight excluding hydrogens is 273 g/mol. The van der Waals surface area contributed by atoms with Crippen LogP contribution in [-0.4, -0.2) is 19.4 Å². The quantitative estimate of drug-likeness (QED) is 0.671. The molecule has 0 saturated carbocycles. The van der Waals surface area contributed by atoms with E-state index in [1.54, 1.807) is 36.5 Å². The van der Waals surface area contributed by atoms with Crippen LogP contribution in [0.1, 0.15) is 5.56 Å². The number of carbonyl (C=O) groups is 1. The predicted molar refractivity (Wildman–Crippen MR) is 80.5 cm³/mol. The minimum atomic E-state index is -0.593. The number of hydrogen-bond donors (Lipinski definition) is 2. The zero-order valence-electron chi connectivity index (χ0n) is 11.3. The molecule has 0 radical (unpaired) electrons. The Morgan fingerprint density at radius 3 is 2.62 bits per heavy atom. The zero-order valence-corrected chi connectivity index (χ0v) is 11.3. The fraction of sp³-hybridized carbons (Fsp3) is 0.0667. The lowest BCUT2D eigenvalue weighted by Crippen LogP contribution is -2.12. The van der Waals surface area contributed by atoms with Crippen LogP contribution < -0.4 is 11.1 Å². The van der Waals surface area contributed by atoms with E-state index in [0.29, 0.717) is 17.1 Å². The van der Waals surface area contributed by atoms with Crippen molar-refractivity contribution in [2.45, 2.75) is 0 Å². The standard InChI is InChI=1S/C15H14FN3O2/c1-21-15(20)19-14-7-6-12(8-13(14)17)18-9-10-2-4-11(16)5-3-10/h2-9H,17H2,1H3,(H,19,20). The summed E-state index contributed by atoms with van der Waals surface area (Å²) in [4.78, 5) is 15.3. The number of nitrogens with one attached hydrogen (secondary N) is 1. The van der Waals surface area contributed by atoms with Crippen molar-refractivity contribution in [1.29, 1.82) is 0 Å². The molecule has 108 valence electrons. The van der Waals surface area contributed by atoms with Gasteiger partial charge in [-0.3, -0.25) is 10.3 Å². The fourth-order valence-corrected chi connectivity index (χ4v) is 1.60. The number of rotatable bonds is 3. The Hall–Kier alpha value is -2.89. The number of nitrogens with zero attached hydrogens (tertiary/aromatic N) is 1. The average Bonchev–Trinajstić information content (AvgIpc) is 2.49. The molecular formula is C15H14FN3O2. The number of nitrogen functional groups attached to an aromatic ring is 1. The molecule has 2 aromatic rings. The number of halogens is 1. The second-order valence-corrected chi connectivity index (χ2v) is 4.20. The van der Waals surface area contributed by atoms with E-state index < -0.39 is 6.09 Å². The Balaban J connectivity index is 2.12. The third-order valence-corrected chi connectivity index (χ3v) is 2.69. The first-order valence-electron chi connectivity index (χ1n) is 6.12. The topological polar surface area (TPSA) is 76.7 Å². The van der Waals surface area contributed by atoms with Crippen LogP contribution in [0.25, 0.3) is 0 Å². The Labute approximate surface area is 121 Å². The normalized spacial score (nSPS) is 10.6. The van der Waals surface area contributed by atoms with Gasteiger partial charge in [0, 0.05) is 6.21 Å². The maximum Gasteiger partial charge on any atom is 0.411 e. The highest BCUT2D eigenvalue weighted by atomic mass is 19.1. The smallest absolute Gasteiger partial charge is 0.411 e. The number of anilines is 2. The van der Waals surface area contributed by atoms with E-state index in [1.807, 2.05) is 0 Å². The van der Waals surface area contributed by atoms with Gasteiger partial charge in [-0.15, -0.1) is 0 Å². The van der Waals surface area contributed by atoms with Crippen LogP contribution in [0, 0.1) is 5.82 Å². The highest BCUT2D eigenvalue weighted by molar-refractivity contribution is 5.90. The summed E-state index contributed by atoms with van der Waals surface area (Å²) in [5.74, 6) is -0.297. The van der Waals surface area contributed by atoms with Crippen molar-refractivity contribution in [3.63, 3.8) is 0 Å². The van der Waals surface area contributed by atoms with Gasteiger partial charge in [0.05, 0.1) is 24.2 Å². The van der Waals surface area contributed by atoms with Crippen LogP contribution in [-0.2, 0) is 4.74 Å². The third-order valence-electron chi connectivity index (χ3n) is 2.69. The molecule has 0 aromatic heterocycles. The molecule has 2 aromatic carbocycles. The third kappa shape index (κ3) is 4.04. The monoisotopic (exact) mass is 287 g/mol. The summed E-state index contributed by atoms with van der Waals surface area (Å²) >= 11 is 0. The molecule has 1 amide bonds. The number of nitrogens with two attached hydrogens (primary N) is 1. The highest BCUT2D eigenvalue weighted by Gasteiger charge is 2.04. The van der Waals surface area contributed by atoms with Crippen molar-refractivity contribution in [3.8, 4) is 0 Å². The molecule has 0 aliphatic rings. The molecule has 2 rings (SSSR count). The molecule has 0 fully saturated rings. The molecule has 0 aliphatic carbocycles. The maximum absolute atomic E-state index is 12.8. The zero-order chi connectivity index (χ0) is 15.2. The molecule has 0 unspecified atom stereocenters. The maximum atomic E-state index is 12.8. The van der Waals surface area contributed by atoms with E-state index in [1.165, 1.54) is 19.2 Å². The predicted octanol–water partition coefficient (Wildman–Crippen LogP) is 3.34. The van der Waals surface area contributed by atoms with Crippen LogP contribution >= 0.6 is 0 Å². The number of carbonyl (C=O) groups excluding carboxylic acids is 1. The van der Waals surface area contributed by atoms with E-state index in [9.17, 15) is 9.18 Å². The van der Waals surface area contributed by atoms with Gasteiger partial charge in [0.2, 0.25) is 0 Å². The first-order chi connectivity index (χ1) is 10.1. The SMILES string of the molecule is COC(=O)Nc1ccc(N=Cc2ccc(F)cc2)cc1N. The Morgan fingerprint density at radius 1 is 1.29 bits per heavy atom. The largest absolute Gasteiger partial charge is 0.453 e.